The lowest BCUT2D eigenvalue weighted by Crippen LogP contribution is -2.76. The Morgan fingerprint density at radius 2 is 0.775 bits per heavy atom. The number of aromatic nitrogens is 2. The Balaban J connectivity index is 1.07. The number of fused-ring (bicyclic) bond motifs is 8. The summed E-state index contributed by atoms with van der Waals surface area (Å²) in [4.78, 5) is 2.69. The van der Waals surface area contributed by atoms with Gasteiger partial charge in [-0.05, 0) is 90.0 Å². The van der Waals surface area contributed by atoms with Gasteiger partial charge in [0.1, 0.15) is 0 Å². The van der Waals surface area contributed by atoms with Gasteiger partial charge in [0.2, 0.25) is 0 Å². The van der Waals surface area contributed by atoms with Crippen molar-refractivity contribution in [2.75, 3.05) is 0 Å². The molecule has 0 aliphatic carbocycles. The minimum atomic E-state index is -2.85. The van der Waals surface area contributed by atoms with Crippen LogP contribution in [0.4, 0.5) is 0 Å². The normalized spacial score (nSPS) is 13.1. The molecule has 2 nitrogen and oxygen atoms in total. The summed E-state index contributed by atoms with van der Waals surface area (Å²) >= 11 is 1.91. The van der Waals surface area contributed by atoms with E-state index in [0.717, 1.165) is 11.4 Å². The van der Waals surface area contributed by atoms with Crippen molar-refractivity contribution in [3.05, 3.63) is 279 Å². The van der Waals surface area contributed by atoms with E-state index in [2.05, 4.69) is 288 Å². The summed E-state index contributed by atoms with van der Waals surface area (Å²) in [5, 5.41) is 16.0. The van der Waals surface area contributed by atoms with Crippen molar-refractivity contribution < 1.29 is 0 Å². The number of benzene rings is 11. The predicted molar refractivity (Wildman–Crippen MR) is 306 cm³/mol. The molecular formula is C66H46N2SSi2. The number of hydrogen-bond acceptors (Lipinski definition) is 1. The molecular weight excluding hydrogens is 909 g/mol. The van der Waals surface area contributed by atoms with E-state index in [-0.39, 0.29) is 0 Å². The third-order valence-corrected chi connectivity index (χ3v) is 26.3. The zero-order valence-electron chi connectivity index (χ0n) is 38.9. The molecule has 0 N–H and O–H groups in total. The highest BCUT2D eigenvalue weighted by Gasteiger charge is 2.47. The SMILES string of the molecule is c1ccc([Si](c2ccccc2)(c2ccccc2)c2cccc(-n3c4ccccc4c4cccc(-n5c6ccccc6c6ccc([Si]7(c8ccccc8)c8ccccc8Sc8ccccc87)cc65)c43)c2)cc1. The van der Waals surface area contributed by atoms with Crippen molar-refractivity contribution in [1.29, 1.82) is 0 Å². The van der Waals surface area contributed by atoms with Gasteiger partial charge in [0.05, 0.1) is 27.8 Å². The summed E-state index contributed by atoms with van der Waals surface area (Å²) < 4.78 is 5.13. The quantitative estimate of drug-likeness (QED) is 0.109. The molecule has 0 unspecified atom stereocenters. The Kier molecular flexibility index (Phi) is 9.85. The molecule has 71 heavy (non-hydrogen) atoms. The number of nitrogens with zero attached hydrogens (tertiary/aromatic N) is 2. The van der Waals surface area contributed by atoms with Gasteiger partial charge in [-0.3, -0.25) is 0 Å². The van der Waals surface area contributed by atoms with Crippen molar-refractivity contribution in [3.8, 4) is 11.4 Å². The summed E-state index contributed by atoms with van der Waals surface area (Å²) in [6, 6.07) is 105. The molecule has 1 aliphatic heterocycles. The van der Waals surface area contributed by atoms with Crippen molar-refractivity contribution >= 4 is 113 Å². The smallest absolute Gasteiger partial charge is 0.181 e. The molecule has 0 fully saturated rings. The zero-order chi connectivity index (χ0) is 46.9. The monoisotopic (exact) mass is 954 g/mol. The highest BCUT2D eigenvalue weighted by atomic mass is 32.2. The van der Waals surface area contributed by atoms with Gasteiger partial charge in [0, 0.05) is 37.0 Å². The molecule has 2 aromatic heterocycles. The van der Waals surface area contributed by atoms with Crippen LogP contribution in [0.2, 0.25) is 0 Å². The lowest BCUT2D eigenvalue weighted by molar-refractivity contribution is 1.13. The fourth-order valence-electron chi connectivity index (χ4n) is 12.3. The van der Waals surface area contributed by atoms with Crippen LogP contribution in [0.25, 0.3) is 55.0 Å². The van der Waals surface area contributed by atoms with Crippen LogP contribution in [0.5, 0.6) is 0 Å². The summed E-state index contributed by atoms with van der Waals surface area (Å²) in [5.41, 5.74) is 7.07. The van der Waals surface area contributed by atoms with E-state index < -0.39 is 16.1 Å². The Labute approximate surface area is 419 Å². The lowest BCUT2D eigenvalue weighted by Gasteiger charge is -2.39. The largest absolute Gasteiger partial charge is 0.307 e. The maximum Gasteiger partial charge on any atom is 0.181 e. The topological polar surface area (TPSA) is 9.86 Å². The molecule has 5 heteroatoms. The second-order valence-corrected chi connectivity index (χ2v) is 27.3. The van der Waals surface area contributed by atoms with Gasteiger partial charge in [-0.1, -0.05) is 242 Å². The molecule has 1 aliphatic rings. The summed E-state index contributed by atoms with van der Waals surface area (Å²) in [6.45, 7) is 0. The van der Waals surface area contributed by atoms with Crippen molar-refractivity contribution in [2.24, 2.45) is 0 Å². The molecule has 0 radical (unpaired) electrons. The molecule has 0 saturated heterocycles. The van der Waals surface area contributed by atoms with Crippen LogP contribution in [-0.2, 0) is 0 Å². The first-order chi connectivity index (χ1) is 35.2. The molecule has 0 atom stereocenters. The fourth-order valence-corrected chi connectivity index (χ4v) is 24.1. The third-order valence-electron chi connectivity index (χ3n) is 15.2. The minimum absolute atomic E-state index is 1.14. The average molecular weight is 955 g/mol. The standard InChI is InChI=1S/C66H46N2SSi2/c1-5-24-48(25-6-1)70(49-26-7-2-8-27-49,50-28-9-3-10-29-50)52-32-21-23-47(45-52)67-58-36-15-14-34-55(58)57-35-22-38-60(66(57)67)68-59-37-16-13-33-54(59)56-44-43-53(46-61(56)68)71(51-30-11-4-12-31-51)64-41-19-17-39-62(64)69-63-40-18-20-42-65(63)71/h1-46H. The van der Waals surface area contributed by atoms with Gasteiger partial charge in [-0.15, -0.1) is 0 Å². The zero-order valence-corrected chi connectivity index (χ0v) is 41.7. The first-order valence-corrected chi connectivity index (χ1v) is 29.3. The van der Waals surface area contributed by atoms with Crippen molar-refractivity contribution in [2.45, 2.75) is 9.79 Å². The minimum Gasteiger partial charge on any atom is -0.307 e. The van der Waals surface area contributed by atoms with E-state index in [1.54, 1.807) is 0 Å². The van der Waals surface area contributed by atoms with Crippen LogP contribution in [0.1, 0.15) is 0 Å². The second kappa shape index (κ2) is 16.7. The molecule has 0 spiro atoms. The van der Waals surface area contributed by atoms with Crippen molar-refractivity contribution in [1.82, 2.24) is 9.13 Å². The van der Waals surface area contributed by atoms with Crippen LogP contribution in [-0.4, -0.2) is 25.3 Å². The van der Waals surface area contributed by atoms with Gasteiger partial charge >= 0.3 is 0 Å². The molecule has 0 saturated carbocycles. The molecule has 3 heterocycles. The second-order valence-electron chi connectivity index (χ2n) is 18.7. The van der Waals surface area contributed by atoms with Gasteiger partial charge in [0.25, 0.3) is 0 Å². The van der Waals surface area contributed by atoms with E-state index in [1.807, 2.05) is 11.8 Å². The Hall–Kier alpha value is -8.20. The molecule has 334 valence electrons. The number of rotatable bonds is 8. The average Bonchev–Trinajstić information content (AvgIpc) is 3.97. The van der Waals surface area contributed by atoms with E-state index in [4.69, 9.17) is 0 Å². The van der Waals surface area contributed by atoms with Crippen molar-refractivity contribution in [3.63, 3.8) is 0 Å². The van der Waals surface area contributed by atoms with Crippen LogP contribution in [0, 0.1) is 0 Å². The van der Waals surface area contributed by atoms with Crippen LogP contribution < -0.4 is 41.5 Å². The highest BCUT2D eigenvalue weighted by molar-refractivity contribution is 8.00. The van der Waals surface area contributed by atoms with Gasteiger partial charge < -0.3 is 9.13 Å². The Morgan fingerprint density at radius 3 is 1.39 bits per heavy atom. The molecule has 0 amide bonds. The third kappa shape index (κ3) is 6.20. The van der Waals surface area contributed by atoms with Crippen LogP contribution in [0.15, 0.2) is 289 Å². The number of para-hydroxylation sites is 3. The predicted octanol–water partition coefficient (Wildman–Crippen LogP) is 11.1. The van der Waals surface area contributed by atoms with E-state index in [9.17, 15) is 0 Å². The van der Waals surface area contributed by atoms with Gasteiger partial charge in [-0.2, -0.15) is 0 Å². The fraction of sp³-hybridized carbons (Fsp3) is 0. The summed E-state index contributed by atoms with van der Waals surface area (Å²) in [7, 11) is -5.70. The van der Waals surface area contributed by atoms with E-state index in [0.29, 0.717) is 0 Å². The molecule has 11 aromatic carbocycles. The Morgan fingerprint density at radius 1 is 0.310 bits per heavy atom. The Bertz CT molecular complexity index is 4000. The molecule has 14 rings (SSSR count). The van der Waals surface area contributed by atoms with Gasteiger partial charge in [0.15, 0.2) is 16.1 Å². The summed E-state index contributed by atoms with van der Waals surface area (Å²) in [6.07, 6.45) is 0. The lowest BCUT2D eigenvalue weighted by atomic mass is 10.1. The number of hydrogen-bond donors (Lipinski definition) is 0. The summed E-state index contributed by atoms with van der Waals surface area (Å²) in [5.74, 6) is 0. The molecule has 0 bridgehead atoms. The van der Waals surface area contributed by atoms with E-state index >= 15 is 0 Å². The molecule has 13 aromatic rings. The van der Waals surface area contributed by atoms with Gasteiger partial charge in [-0.25, -0.2) is 0 Å². The maximum absolute atomic E-state index is 2.85. The first-order valence-electron chi connectivity index (χ1n) is 24.5. The van der Waals surface area contributed by atoms with Crippen LogP contribution in [0.3, 0.4) is 0 Å². The van der Waals surface area contributed by atoms with E-state index in [1.165, 1.54) is 94.9 Å². The maximum atomic E-state index is 2.58. The van der Waals surface area contributed by atoms with Crippen LogP contribution >= 0.6 is 11.8 Å². The highest BCUT2D eigenvalue weighted by Crippen LogP contribution is 2.40. The first kappa shape index (κ1) is 41.7.